The summed E-state index contributed by atoms with van der Waals surface area (Å²) < 4.78 is 0.502. The summed E-state index contributed by atoms with van der Waals surface area (Å²) in [7, 11) is 0. The monoisotopic (exact) mass is 237 g/mol. The zero-order valence-corrected chi connectivity index (χ0v) is 10.7. The van der Waals surface area contributed by atoms with Gasteiger partial charge >= 0.3 is 0 Å². The standard InChI is InChI=1S/C12H19N3S/c1-3-13-11-8-10(4-7-14-11)15-9-12(16-2)5-6-12/h4,7-8H,3,5-6,9H2,1-2H3,(H2,13,14,15). The van der Waals surface area contributed by atoms with Gasteiger partial charge in [0.25, 0.3) is 0 Å². The van der Waals surface area contributed by atoms with E-state index in [2.05, 4.69) is 34.9 Å². The van der Waals surface area contributed by atoms with Crippen molar-refractivity contribution in [1.82, 2.24) is 4.98 Å². The van der Waals surface area contributed by atoms with Crippen LogP contribution in [0.25, 0.3) is 0 Å². The minimum absolute atomic E-state index is 0.502. The third-order valence-corrected chi connectivity index (χ3v) is 4.39. The summed E-state index contributed by atoms with van der Waals surface area (Å²) in [6.07, 6.45) is 6.73. The lowest BCUT2D eigenvalue weighted by Crippen LogP contribution is -2.17. The van der Waals surface area contributed by atoms with Crippen LogP contribution in [0, 0.1) is 0 Å². The van der Waals surface area contributed by atoms with E-state index in [0.717, 1.165) is 24.6 Å². The summed E-state index contributed by atoms with van der Waals surface area (Å²) in [5.41, 5.74) is 1.16. The molecule has 3 nitrogen and oxygen atoms in total. The lowest BCUT2D eigenvalue weighted by molar-refractivity contribution is 0.948. The van der Waals surface area contributed by atoms with Gasteiger partial charge < -0.3 is 10.6 Å². The Balaban J connectivity index is 1.91. The minimum atomic E-state index is 0.502. The first-order chi connectivity index (χ1) is 7.78. The molecule has 1 aliphatic carbocycles. The average Bonchev–Trinajstić information content (AvgIpc) is 3.08. The molecule has 0 amide bonds. The van der Waals surface area contributed by atoms with Gasteiger partial charge in [0.15, 0.2) is 0 Å². The van der Waals surface area contributed by atoms with E-state index >= 15 is 0 Å². The summed E-state index contributed by atoms with van der Waals surface area (Å²) in [6.45, 7) is 4.05. The Morgan fingerprint density at radius 1 is 1.44 bits per heavy atom. The number of aromatic nitrogens is 1. The third-order valence-electron chi connectivity index (χ3n) is 2.97. The first kappa shape index (κ1) is 11.6. The summed E-state index contributed by atoms with van der Waals surface area (Å²) in [5.74, 6) is 0.946. The van der Waals surface area contributed by atoms with E-state index in [1.165, 1.54) is 12.8 Å². The first-order valence-corrected chi connectivity index (χ1v) is 6.99. The van der Waals surface area contributed by atoms with Crippen LogP contribution in [0.4, 0.5) is 11.5 Å². The maximum atomic E-state index is 4.25. The van der Waals surface area contributed by atoms with Crippen LogP contribution >= 0.6 is 11.8 Å². The van der Waals surface area contributed by atoms with Crippen molar-refractivity contribution in [2.45, 2.75) is 24.5 Å². The molecule has 2 N–H and O–H groups in total. The van der Waals surface area contributed by atoms with E-state index in [9.17, 15) is 0 Å². The second-order valence-electron chi connectivity index (χ2n) is 4.20. The van der Waals surface area contributed by atoms with Crippen molar-refractivity contribution in [1.29, 1.82) is 0 Å². The maximum Gasteiger partial charge on any atom is 0.127 e. The van der Waals surface area contributed by atoms with E-state index in [-0.39, 0.29) is 0 Å². The third kappa shape index (κ3) is 2.82. The quantitative estimate of drug-likeness (QED) is 0.798. The molecule has 2 rings (SSSR count). The summed E-state index contributed by atoms with van der Waals surface area (Å²) in [6, 6.07) is 4.09. The molecule has 0 saturated heterocycles. The molecule has 1 saturated carbocycles. The van der Waals surface area contributed by atoms with Crippen LogP contribution in [0.15, 0.2) is 18.3 Å². The Bertz CT molecular complexity index is 350. The summed E-state index contributed by atoms with van der Waals surface area (Å²) in [4.78, 5) is 4.25. The molecule has 0 unspecified atom stereocenters. The zero-order chi connectivity index (χ0) is 11.4. The minimum Gasteiger partial charge on any atom is -0.383 e. The van der Waals surface area contributed by atoms with Gasteiger partial charge in [0, 0.05) is 35.8 Å². The first-order valence-electron chi connectivity index (χ1n) is 5.77. The number of nitrogens with one attached hydrogen (secondary N) is 2. The van der Waals surface area contributed by atoms with E-state index in [1.807, 2.05) is 24.0 Å². The van der Waals surface area contributed by atoms with Crippen LogP contribution in [0.3, 0.4) is 0 Å². The fourth-order valence-corrected chi connectivity index (χ4v) is 2.40. The topological polar surface area (TPSA) is 37.0 Å². The molecule has 1 heterocycles. The molecule has 1 fully saturated rings. The highest BCUT2D eigenvalue weighted by Gasteiger charge is 2.41. The predicted molar refractivity (Wildman–Crippen MR) is 72.4 cm³/mol. The molecule has 1 aliphatic rings. The number of pyridine rings is 1. The second kappa shape index (κ2) is 4.95. The van der Waals surface area contributed by atoms with Crippen LogP contribution in [0.1, 0.15) is 19.8 Å². The average molecular weight is 237 g/mol. The molecular weight excluding hydrogens is 218 g/mol. The fraction of sp³-hybridized carbons (Fsp3) is 0.583. The number of thioether (sulfide) groups is 1. The molecule has 16 heavy (non-hydrogen) atoms. The molecule has 0 aliphatic heterocycles. The highest BCUT2D eigenvalue weighted by atomic mass is 32.2. The van der Waals surface area contributed by atoms with Gasteiger partial charge in [0.05, 0.1) is 0 Å². The molecule has 0 atom stereocenters. The largest absolute Gasteiger partial charge is 0.383 e. The lowest BCUT2D eigenvalue weighted by Gasteiger charge is -2.14. The van der Waals surface area contributed by atoms with Crippen molar-refractivity contribution in [3.05, 3.63) is 18.3 Å². The van der Waals surface area contributed by atoms with E-state index in [1.54, 1.807) is 0 Å². The molecule has 0 radical (unpaired) electrons. The van der Waals surface area contributed by atoms with Crippen molar-refractivity contribution in [2.24, 2.45) is 0 Å². The summed E-state index contributed by atoms with van der Waals surface area (Å²) in [5, 5.41) is 6.71. The highest BCUT2D eigenvalue weighted by Crippen LogP contribution is 2.47. The number of hydrogen-bond donors (Lipinski definition) is 2. The van der Waals surface area contributed by atoms with Crippen molar-refractivity contribution < 1.29 is 0 Å². The molecule has 88 valence electrons. The van der Waals surface area contributed by atoms with E-state index in [4.69, 9.17) is 0 Å². The van der Waals surface area contributed by atoms with Crippen molar-refractivity contribution in [2.75, 3.05) is 30.0 Å². The van der Waals surface area contributed by atoms with Gasteiger partial charge in [-0.3, -0.25) is 0 Å². The summed E-state index contributed by atoms with van der Waals surface area (Å²) >= 11 is 1.98. The zero-order valence-electron chi connectivity index (χ0n) is 9.92. The smallest absolute Gasteiger partial charge is 0.127 e. The second-order valence-corrected chi connectivity index (χ2v) is 5.48. The van der Waals surface area contributed by atoms with Crippen LogP contribution in [-0.4, -0.2) is 29.1 Å². The van der Waals surface area contributed by atoms with Gasteiger partial charge in [-0.1, -0.05) is 0 Å². The molecular formula is C12H19N3S. The SMILES string of the molecule is CCNc1cc(NCC2(SC)CC2)ccn1. The number of rotatable bonds is 6. The fourth-order valence-electron chi connectivity index (χ4n) is 1.67. The van der Waals surface area contributed by atoms with Crippen molar-refractivity contribution >= 4 is 23.3 Å². The van der Waals surface area contributed by atoms with E-state index < -0.39 is 0 Å². The van der Waals surface area contributed by atoms with Gasteiger partial charge in [0.2, 0.25) is 0 Å². The van der Waals surface area contributed by atoms with Crippen LogP contribution in [0.5, 0.6) is 0 Å². The van der Waals surface area contributed by atoms with Crippen LogP contribution in [0.2, 0.25) is 0 Å². The molecule has 0 aromatic carbocycles. The van der Waals surface area contributed by atoms with Gasteiger partial charge in [-0.2, -0.15) is 11.8 Å². The van der Waals surface area contributed by atoms with Gasteiger partial charge in [-0.15, -0.1) is 0 Å². The van der Waals surface area contributed by atoms with Gasteiger partial charge in [-0.25, -0.2) is 4.98 Å². The van der Waals surface area contributed by atoms with Crippen LogP contribution < -0.4 is 10.6 Å². The molecule has 1 aromatic heterocycles. The number of nitrogens with zero attached hydrogens (tertiary/aromatic N) is 1. The lowest BCUT2D eigenvalue weighted by atomic mass is 10.3. The Morgan fingerprint density at radius 2 is 2.25 bits per heavy atom. The Kier molecular flexibility index (Phi) is 3.59. The van der Waals surface area contributed by atoms with Crippen molar-refractivity contribution in [3.63, 3.8) is 0 Å². The highest BCUT2D eigenvalue weighted by molar-refractivity contribution is 8.00. The maximum absolute atomic E-state index is 4.25. The number of hydrogen-bond acceptors (Lipinski definition) is 4. The van der Waals surface area contributed by atoms with Crippen molar-refractivity contribution in [3.8, 4) is 0 Å². The van der Waals surface area contributed by atoms with Gasteiger partial charge in [-0.05, 0) is 32.1 Å². The molecule has 0 bridgehead atoms. The Morgan fingerprint density at radius 3 is 2.88 bits per heavy atom. The predicted octanol–water partition coefficient (Wildman–Crippen LogP) is 2.82. The van der Waals surface area contributed by atoms with Crippen LogP contribution in [-0.2, 0) is 0 Å². The Hall–Kier alpha value is -0.900. The normalized spacial score (nSPS) is 16.9. The van der Waals surface area contributed by atoms with E-state index in [0.29, 0.717) is 4.75 Å². The molecule has 0 spiro atoms. The molecule has 4 heteroatoms. The van der Waals surface area contributed by atoms with Gasteiger partial charge in [0.1, 0.15) is 5.82 Å². The molecule has 1 aromatic rings. The Labute approximate surface area is 101 Å². The number of anilines is 2.